The second-order valence-electron chi connectivity index (χ2n) is 3.06. The van der Waals surface area contributed by atoms with Gasteiger partial charge in [0.1, 0.15) is 0 Å². The molecule has 0 fully saturated rings. The van der Waals surface area contributed by atoms with Crippen LogP contribution in [0.5, 0.6) is 0 Å². The molecule has 0 heteroatoms. The summed E-state index contributed by atoms with van der Waals surface area (Å²) in [5, 5.41) is 0. The molecular formula is C17H34. The summed E-state index contributed by atoms with van der Waals surface area (Å²) in [6, 6.07) is 0. The van der Waals surface area contributed by atoms with Crippen molar-refractivity contribution in [3.05, 3.63) is 48.1 Å². The molecule has 0 aliphatic heterocycles. The van der Waals surface area contributed by atoms with E-state index in [-0.39, 0.29) is 7.43 Å². The van der Waals surface area contributed by atoms with Gasteiger partial charge in [0.15, 0.2) is 0 Å². The molecule has 0 saturated carbocycles. The summed E-state index contributed by atoms with van der Waals surface area (Å²) in [4.78, 5) is 0. The lowest BCUT2D eigenvalue weighted by molar-refractivity contribution is 1.14. The van der Waals surface area contributed by atoms with Crippen LogP contribution < -0.4 is 0 Å². The molecule has 0 spiro atoms. The first-order valence-corrected chi connectivity index (χ1v) is 6.18. The molecule has 0 radical (unpaired) electrons. The molecule has 0 amide bonds. The van der Waals surface area contributed by atoms with Crippen molar-refractivity contribution in [2.24, 2.45) is 0 Å². The summed E-state index contributed by atoms with van der Waals surface area (Å²) in [5.41, 5.74) is 2.47. The summed E-state index contributed by atoms with van der Waals surface area (Å²) in [6.07, 6.45) is 11.4. The van der Waals surface area contributed by atoms with Crippen molar-refractivity contribution < 1.29 is 0 Å². The fourth-order valence-electron chi connectivity index (χ4n) is 0.667. The summed E-state index contributed by atoms with van der Waals surface area (Å²) in [5.74, 6) is 0. The van der Waals surface area contributed by atoms with Gasteiger partial charge >= 0.3 is 0 Å². The second kappa shape index (κ2) is 24.3. The summed E-state index contributed by atoms with van der Waals surface area (Å²) in [6.45, 7) is 18.0. The molecule has 0 bridgehead atoms. The van der Waals surface area contributed by atoms with Crippen molar-refractivity contribution in [1.82, 2.24) is 0 Å². The highest BCUT2D eigenvalue weighted by atomic mass is 13.9. The summed E-state index contributed by atoms with van der Waals surface area (Å²) >= 11 is 0. The van der Waals surface area contributed by atoms with Crippen molar-refractivity contribution in [2.75, 3.05) is 0 Å². The van der Waals surface area contributed by atoms with E-state index in [0.29, 0.717) is 0 Å². The van der Waals surface area contributed by atoms with Crippen LogP contribution in [-0.2, 0) is 0 Å². The first-order chi connectivity index (χ1) is 7.62. The molecule has 0 aromatic carbocycles. The average molecular weight is 238 g/mol. The van der Waals surface area contributed by atoms with E-state index in [2.05, 4.69) is 32.6 Å². The molecule has 0 unspecified atom stereocenters. The van der Waals surface area contributed by atoms with Crippen molar-refractivity contribution in [3.8, 4) is 0 Å². The number of hydrogen-bond acceptors (Lipinski definition) is 0. The molecule has 0 saturated heterocycles. The molecule has 0 aromatic rings. The largest absolute Gasteiger partial charge is 0.0961 e. The second-order valence-corrected chi connectivity index (χ2v) is 3.06. The minimum Gasteiger partial charge on any atom is -0.0961 e. The topological polar surface area (TPSA) is 0 Å². The Balaban J connectivity index is -0.000000103. The first-order valence-electron chi connectivity index (χ1n) is 6.18. The maximum absolute atomic E-state index is 3.78. The van der Waals surface area contributed by atoms with Crippen LogP contribution in [0.25, 0.3) is 0 Å². The highest BCUT2D eigenvalue weighted by Crippen LogP contribution is 2.03. The molecule has 0 aliphatic carbocycles. The van der Waals surface area contributed by atoms with Gasteiger partial charge in [-0.25, -0.2) is 0 Å². The fraction of sp³-hybridized carbons (Fsp3) is 0.529. The molecule has 0 rings (SSSR count). The Morgan fingerprint density at radius 2 is 1.41 bits per heavy atom. The Bertz CT molecular complexity index is 210. The monoisotopic (exact) mass is 238 g/mol. The lowest BCUT2D eigenvalue weighted by Gasteiger charge is -1.92. The van der Waals surface area contributed by atoms with E-state index >= 15 is 0 Å². The van der Waals surface area contributed by atoms with Gasteiger partial charge < -0.3 is 0 Å². The predicted octanol–water partition coefficient (Wildman–Crippen LogP) is 6.72. The zero-order valence-corrected chi connectivity index (χ0v) is 12.3. The summed E-state index contributed by atoms with van der Waals surface area (Å²) in [7, 11) is 0. The van der Waals surface area contributed by atoms with Crippen molar-refractivity contribution in [2.45, 2.75) is 62.3 Å². The summed E-state index contributed by atoms with van der Waals surface area (Å²) < 4.78 is 0. The standard InChI is InChI=1S/C10H16.C4H8.C2H6.CH4/c1-5-10(6-2)8-7-9(3)4;1-3-4-2;1-2;/h5,7-8H,3,6H2,1-2,4H3;3-4H,1-2H3;1-2H3;1H4/b8-7-,10-5-;4-3-;;. The predicted molar refractivity (Wildman–Crippen MR) is 86.6 cm³/mol. The first kappa shape index (κ1) is 25.0. The molecule has 0 aromatic heterocycles. The van der Waals surface area contributed by atoms with Gasteiger partial charge in [-0.1, -0.05) is 76.3 Å². The van der Waals surface area contributed by atoms with Crippen molar-refractivity contribution in [3.63, 3.8) is 0 Å². The van der Waals surface area contributed by atoms with Gasteiger partial charge in [-0.2, -0.15) is 0 Å². The van der Waals surface area contributed by atoms with Gasteiger partial charge in [0, 0.05) is 0 Å². The molecule has 102 valence electrons. The number of allylic oxidation sites excluding steroid dienone is 7. The van der Waals surface area contributed by atoms with Crippen LogP contribution in [-0.4, -0.2) is 0 Å². The highest BCUT2D eigenvalue weighted by Gasteiger charge is 1.82. The van der Waals surface area contributed by atoms with Gasteiger partial charge in [-0.05, 0) is 34.1 Å². The quantitative estimate of drug-likeness (QED) is 0.378. The van der Waals surface area contributed by atoms with Crippen LogP contribution >= 0.6 is 0 Å². The van der Waals surface area contributed by atoms with Gasteiger partial charge in [0.05, 0.1) is 0 Å². The van der Waals surface area contributed by atoms with E-state index in [9.17, 15) is 0 Å². The zero-order valence-electron chi connectivity index (χ0n) is 12.3. The molecule has 0 atom stereocenters. The maximum atomic E-state index is 3.78. The molecule has 0 heterocycles. The Labute approximate surface area is 111 Å². The Morgan fingerprint density at radius 3 is 1.59 bits per heavy atom. The minimum absolute atomic E-state index is 0. The molecule has 17 heavy (non-hydrogen) atoms. The fourth-order valence-corrected chi connectivity index (χ4v) is 0.667. The van der Waals surface area contributed by atoms with Crippen LogP contribution in [0.2, 0.25) is 0 Å². The molecule has 0 N–H and O–H groups in total. The van der Waals surface area contributed by atoms with E-state index in [0.717, 1.165) is 12.0 Å². The Hall–Kier alpha value is -1.04. The van der Waals surface area contributed by atoms with E-state index in [1.54, 1.807) is 0 Å². The SMILES string of the molecule is C.C/C=C\C.C=C(C)/C=C\C(=C/C)CC.CC. The van der Waals surface area contributed by atoms with Crippen LogP contribution in [0.4, 0.5) is 0 Å². The smallest absolute Gasteiger partial charge is 0.0311 e. The zero-order chi connectivity index (χ0) is 13.4. The van der Waals surface area contributed by atoms with Gasteiger partial charge in [0.2, 0.25) is 0 Å². The Kier molecular flexibility index (Phi) is 35.7. The normalized spacial score (nSPS) is 9.94. The molecule has 0 nitrogen and oxygen atoms in total. The van der Waals surface area contributed by atoms with Crippen LogP contribution in [0, 0.1) is 0 Å². The lowest BCUT2D eigenvalue weighted by atomic mass is 10.1. The highest BCUT2D eigenvalue weighted by molar-refractivity contribution is 5.24. The third-order valence-electron chi connectivity index (χ3n) is 1.69. The van der Waals surface area contributed by atoms with Crippen LogP contribution in [0.15, 0.2) is 48.1 Å². The third kappa shape index (κ3) is 31.3. The van der Waals surface area contributed by atoms with Gasteiger partial charge in [0.25, 0.3) is 0 Å². The molecule has 0 aliphatic rings. The van der Waals surface area contributed by atoms with Gasteiger partial charge in [-0.3, -0.25) is 0 Å². The lowest BCUT2D eigenvalue weighted by Crippen LogP contribution is -1.72. The number of rotatable bonds is 3. The van der Waals surface area contributed by atoms with E-state index in [1.807, 2.05) is 52.8 Å². The minimum atomic E-state index is 0. The van der Waals surface area contributed by atoms with Gasteiger partial charge in [-0.15, -0.1) is 0 Å². The maximum Gasteiger partial charge on any atom is -0.0311 e. The number of hydrogen-bond donors (Lipinski definition) is 0. The molecular weight excluding hydrogens is 204 g/mol. The van der Waals surface area contributed by atoms with E-state index < -0.39 is 0 Å². The third-order valence-corrected chi connectivity index (χ3v) is 1.69. The van der Waals surface area contributed by atoms with Crippen molar-refractivity contribution >= 4 is 0 Å². The van der Waals surface area contributed by atoms with Crippen LogP contribution in [0.3, 0.4) is 0 Å². The van der Waals surface area contributed by atoms with E-state index in [4.69, 9.17) is 0 Å². The van der Waals surface area contributed by atoms with Crippen LogP contribution in [0.1, 0.15) is 62.3 Å². The average Bonchev–Trinajstić information content (AvgIpc) is 2.33. The Morgan fingerprint density at radius 1 is 1.00 bits per heavy atom. The van der Waals surface area contributed by atoms with Crippen molar-refractivity contribution in [1.29, 1.82) is 0 Å². The van der Waals surface area contributed by atoms with E-state index in [1.165, 1.54) is 5.57 Å².